The lowest BCUT2D eigenvalue weighted by Gasteiger charge is -2.09. The van der Waals surface area contributed by atoms with Gasteiger partial charge in [-0.15, -0.1) is 0 Å². The molecule has 4 heteroatoms. The Hall–Kier alpha value is -2.77. The third kappa shape index (κ3) is 6.16. The summed E-state index contributed by atoms with van der Waals surface area (Å²) >= 11 is 0. The van der Waals surface area contributed by atoms with Gasteiger partial charge < -0.3 is 14.8 Å². The first-order chi connectivity index (χ1) is 13.1. The van der Waals surface area contributed by atoms with E-state index in [9.17, 15) is 4.79 Å². The van der Waals surface area contributed by atoms with E-state index in [2.05, 4.69) is 17.2 Å². The first kappa shape index (κ1) is 19.0. The second-order valence-electron chi connectivity index (χ2n) is 6.74. The smallest absolute Gasteiger partial charge is 0.227 e. The van der Waals surface area contributed by atoms with Crippen molar-refractivity contribution in [2.45, 2.75) is 32.8 Å². The normalized spacial score (nSPS) is 16.0. The van der Waals surface area contributed by atoms with Crippen molar-refractivity contribution in [3.8, 4) is 17.6 Å². The number of carbonyl (C=O) groups is 1. The van der Waals surface area contributed by atoms with Crippen molar-refractivity contribution in [1.82, 2.24) is 0 Å². The topological polar surface area (TPSA) is 50.9 Å². The van der Waals surface area contributed by atoms with E-state index in [4.69, 9.17) is 9.47 Å². The second-order valence-corrected chi connectivity index (χ2v) is 6.74. The van der Waals surface area contributed by atoms with Gasteiger partial charge in [0.05, 0.1) is 19.3 Å². The molecular formula is C23H25NO3. The lowest BCUT2D eigenvalue weighted by atomic mass is 10.1. The van der Waals surface area contributed by atoms with E-state index in [1.165, 1.54) is 0 Å². The maximum Gasteiger partial charge on any atom is 0.227 e. The average molecular weight is 363 g/mol. The molecule has 0 aromatic heterocycles. The van der Waals surface area contributed by atoms with Gasteiger partial charge >= 0.3 is 0 Å². The zero-order valence-corrected chi connectivity index (χ0v) is 15.8. The van der Waals surface area contributed by atoms with E-state index in [0.29, 0.717) is 12.7 Å². The number of epoxide rings is 1. The van der Waals surface area contributed by atoms with Crippen LogP contribution in [-0.4, -0.2) is 25.2 Å². The summed E-state index contributed by atoms with van der Waals surface area (Å²) in [6.45, 7) is 5.47. The molecule has 1 saturated heterocycles. The lowest BCUT2D eigenvalue weighted by molar-refractivity contribution is -0.119. The Morgan fingerprint density at radius 2 is 1.74 bits per heavy atom. The molecule has 1 amide bonds. The Balaban J connectivity index is 1.52. The van der Waals surface area contributed by atoms with Gasteiger partial charge in [0.15, 0.2) is 0 Å². The van der Waals surface area contributed by atoms with E-state index in [0.717, 1.165) is 42.0 Å². The minimum absolute atomic E-state index is 0.0125. The molecule has 0 bridgehead atoms. The summed E-state index contributed by atoms with van der Waals surface area (Å²) in [5.74, 6) is 7.20. The van der Waals surface area contributed by atoms with Crippen LogP contribution in [0.1, 0.15) is 37.8 Å². The summed E-state index contributed by atoms with van der Waals surface area (Å²) in [6.07, 6.45) is 2.16. The molecule has 1 aliphatic heterocycles. The number of benzene rings is 2. The summed E-state index contributed by atoms with van der Waals surface area (Å²) in [7, 11) is 0. The number of amides is 1. The molecule has 1 N–H and O–H groups in total. The summed E-state index contributed by atoms with van der Waals surface area (Å²) in [6, 6.07) is 15.4. The first-order valence-corrected chi connectivity index (χ1v) is 9.41. The highest BCUT2D eigenvalue weighted by atomic mass is 16.6. The predicted molar refractivity (Wildman–Crippen MR) is 107 cm³/mol. The number of hydrogen-bond donors (Lipinski definition) is 1. The molecule has 1 aliphatic rings. The number of rotatable bonds is 7. The van der Waals surface area contributed by atoms with Gasteiger partial charge in [-0.05, 0) is 55.0 Å². The van der Waals surface area contributed by atoms with Crippen LogP contribution in [0.5, 0.6) is 5.75 Å². The van der Waals surface area contributed by atoms with Crippen molar-refractivity contribution in [3.05, 3.63) is 59.7 Å². The Labute approximate surface area is 160 Å². The second kappa shape index (κ2) is 9.25. The molecule has 0 saturated carbocycles. The molecule has 140 valence electrons. The van der Waals surface area contributed by atoms with Gasteiger partial charge in [0.2, 0.25) is 5.91 Å². The minimum Gasteiger partial charge on any atom is -0.493 e. The molecule has 1 heterocycles. The molecule has 27 heavy (non-hydrogen) atoms. The summed E-state index contributed by atoms with van der Waals surface area (Å²) in [4.78, 5) is 11.9. The van der Waals surface area contributed by atoms with Crippen LogP contribution >= 0.6 is 0 Å². The monoisotopic (exact) mass is 363 g/mol. The van der Waals surface area contributed by atoms with Crippen LogP contribution in [0.3, 0.4) is 0 Å². The fourth-order valence-electron chi connectivity index (χ4n) is 2.41. The Bertz CT molecular complexity index is 811. The van der Waals surface area contributed by atoms with Crippen LogP contribution < -0.4 is 10.1 Å². The molecule has 4 nitrogen and oxygen atoms in total. The van der Waals surface area contributed by atoms with E-state index >= 15 is 0 Å². The minimum atomic E-state index is 0.0125. The molecule has 0 aliphatic carbocycles. The molecule has 1 fully saturated rings. The van der Waals surface area contributed by atoms with Gasteiger partial charge in [-0.2, -0.15) is 0 Å². The van der Waals surface area contributed by atoms with Crippen LogP contribution in [0, 0.1) is 17.8 Å². The fourth-order valence-corrected chi connectivity index (χ4v) is 2.41. The highest BCUT2D eigenvalue weighted by molar-refractivity contribution is 5.92. The van der Waals surface area contributed by atoms with Gasteiger partial charge in [-0.3, -0.25) is 4.79 Å². The van der Waals surface area contributed by atoms with E-state index in [1.54, 1.807) is 0 Å². The van der Waals surface area contributed by atoms with Crippen molar-refractivity contribution in [1.29, 1.82) is 0 Å². The number of anilines is 1. The molecule has 2 aromatic rings. The molecule has 0 radical (unpaired) electrons. The zero-order chi connectivity index (χ0) is 19.1. The molecule has 0 spiro atoms. The van der Waals surface area contributed by atoms with Gasteiger partial charge in [0.25, 0.3) is 0 Å². The number of hydrogen-bond acceptors (Lipinski definition) is 3. The fraction of sp³-hybridized carbons (Fsp3) is 0.348. The van der Waals surface area contributed by atoms with Gasteiger partial charge in [-0.25, -0.2) is 0 Å². The van der Waals surface area contributed by atoms with Crippen molar-refractivity contribution in [2.24, 2.45) is 5.92 Å². The number of ether oxygens (including phenoxy) is 2. The maximum absolute atomic E-state index is 11.9. The first-order valence-electron chi connectivity index (χ1n) is 9.41. The third-order valence-corrected chi connectivity index (χ3v) is 4.53. The standard InChI is InChI=1S/C23H25NO3/c1-3-17(2)23(25)24-20-10-6-18(7-11-20)4-5-19-8-12-21(13-9-19)26-15-14-22-16-27-22/h6-13,17,22H,3,14-16H2,1-2H3,(H,24,25). The van der Waals surface area contributed by atoms with Gasteiger partial charge in [-0.1, -0.05) is 25.7 Å². The van der Waals surface area contributed by atoms with Crippen LogP contribution in [-0.2, 0) is 9.53 Å². The maximum atomic E-state index is 11.9. The molecule has 2 aromatic carbocycles. The Morgan fingerprint density at radius 3 is 2.30 bits per heavy atom. The number of nitrogens with one attached hydrogen (secondary N) is 1. The quantitative estimate of drug-likeness (QED) is 0.591. The third-order valence-electron chi connectivity index (χ3n) is 4.53. The Kier molecular flexibility index (Phi) is 6.51. The van der Waals surface area contributed by atoms with Crippen LogP contribution in [0.2, 0.25) is 0 Å². The average Bonchev–Trinajstić information content (AvgIpc) is 3.52. The zero-order valence-electron chi connectivity index (χ0n) is 15.8. The summed E-state index contributed by atoms with van der Waals surface area (Å²) in [5.41, 5.74) is 2.63. The molecular weight excluding hydrogens is 338 g/mol. The van der Waals surface area contributed by atoms with E-state index in [-0.39, 0.29) is 11.8 Å². The van der Waals surface area contributed by atoms with Crippen LogP contribution in [0.15, 0.2) is 48.5 Å². The summed E-state index contributed by atoms with van der Waals surface area (Å²) < 4.78 is 10.8. The number of carbonyl (C=O) groups excluding carboxylic acids is 1. The van der Waals surface area contributed by atoms with Crippen LogP contribution in [0.4, 0.5) is 5.69 Å². The molecule has 3 rings (SSSR count). The van der Waals surface area contributed by atoms with E-state index < -0.39 is 0 Å². The SMILES string of the molecule is CCC(C)C(=O)Nc1ccc(C#Cc2ccc(OCCC3CO3)cc2)cc1. The largest absolute Gasteiger partial charge is 0.493 e. The van der Waals surface area contributed by atoms with Crippen molar-refractivity contribution in [3.63, 3.8) is 0 Å². The Morgan fingerprint density at radius 1 is 1.15 bits per heavy atom. The highest BCUT2D eigenvalue weighted by Crippen LogP contribution is 2.16. The van der Waals surface area contributed by atoms with Crippen molar-refractivity contribution < 1.29 is 14.3 Å². The highest BCUT2D eigenvalue weighted by Gasteiger charge is 2.21. The van der Waals surface area contributed by atoms with Crippen LogP contribution in [0.25, 0.3) is 0 Å². The van der Waals surface area contributed by atoms with E-state index in [1.807, 2.05) is 62.4 Å². The van der Waals surface area contributed by atoms with Crippen molar-refractivity contribution in [2.75, 3.05) is 18.5 Å². The summed E-state index contributed by atoms with van der Waals surface area (Å²) in [5, 5.41) is 2.92. The van der Waals surface area contributed by atoms with Crippen molar-refractivity contribution >= 4 is 11.6 Å². The predicted octanol–water partition coefficient (Wildman–Crippen LogP) is 4.24. The van der Waals surface area contributed by atoms with Gasteiger partial charge in [0.1, 0.15) is 5.75 Å². The molecule has 2 atom stereocenters. The molecule has 2 unspecified atom stereocenters. The van der Waals surface area contributed by atoms with Gasteiger partial charge in [0, 0.05) is 29.2 Å². The lowest BCUT2D eigenvalue weighted by Crippen LogP contribution is -2.19.